The van der Waals surface area contributed by atoms with Crippen LogP contribution in [0.1, 0.15) is 66.7 Å². The molecule has 5 nitrogen and oxygen atoms in total. The molecule has 0 unspecified atom stereocenters. The zero-order valence-corrected chi connectivity index (χ0v) is 31.6. The summed E-state index contributed by atoms with van der Waals surface area (Å²) in [4.78, 5) is 0. The Morgan fingerprint density at radius 1 is 0.350 bits per heavy atom. The van der Waals surface area contributed by atoms with Crippen LogP contribution in [0.3, 0.4) is 0 Å². The number of hydrogen-bond donors (Lipinski definition) is 0. The van der Waals surface area contributed by atoms with Gasteiger partial charge in [0.1, 0.15) is 0 Å². The van der Waals surface area contributed by atoms with Crippen LogP contribution in [0, 0.1) is 0 Å². The Hall–Kier alpha value is -0.416. The summed E-state index contributed by atoms with van der Waals surface area (Å²) < 4.78 is 37.9. The largest absolute Gasteiger partial charge is 0.415 e. The van der Waals surface area contributed by atoms with E-state index in [0.29, 0.717) is 30.2 Å². The molecule has 1 saturated heterocycles. The van der Waals surface area contributed by atoms with Crippen molar-refractivity contribution in [1.82, 2.24) is 0 Å². The van der Waals surface area contributed by atoms with Crippen LogP contribution < -0.4 is 0 Å². The summed E-state index contributed by atoms with van der Waals surface area (Å²) in [5, 5.41) is 0. The van der Waals surface area contributed by atoms with E-state index in [0.717, 1.165) is 62.3 Å². The predicted octanol–water partition coefficient (Wildman–Crippen LogP) is 10.3. The highest BCUT2D eigenvalue weighted by atomic mass is 28.5. The van der Waals surface area contributed by atoms with Gasteiger partial charge in [0.2, 0.25) is 0 Å². The van der Waals surface area contributed by atoms with Gasteiger partial charge in [-0.1, -0.05) is 97.1 Å². The van der Waals surface area contributed by atoms with E-state index in [4.69, 9.17) is 20.6 Å². The molecule has 0 amide bonds. The molecule has 0 atom stereocenters. The molecule has 0 aromatic carbocycles. The minimum Gasteiger partial charge on any atom is -0.415 e. The quantitative estimate of drug-likeness (QED) is 0.0979. The van der Waals surface area contributed by atoms with E-state index >= 15 is 0 Å². The van der Waals surface area contributed by atoms with Crippen LogP contribution in [0.5, 0.6) is 0 Å². The van der Waals surface area contributed by atoms with Crippen LogP contribution in [0.4, 0.5) is 0 Å². The highest BCUT2D eigenvalue weighted by Gasteiger charge is 2.60. The van der Waals surface area contributed by atoms with Crippen molar-refractivity contribution < 1.29 is 20.6 Å². The van der Waals surface area contributed by atoms with Crippen LogP contribution in [0.15, 0.2) is 63.3 Å². The van der Waals surface area contributed by atoms with Gasteiger partial charge in [0.05, 0.1) is 0 Å². The average molecular weight is 641 g/mol. The Morgan fingerprint density at radius 3 is 0.600 bits per heavy atom. The van der Waals surface area contributed by atoms with Crippen molar-refractivity contribution in [3.05, 3.63) is 63.3 Å². The van der Waals surface area contributed by atoms with Crippen molar-refractivity contribution in [2.24, 2.45) is 0 Å². The molecule has 230 valence electrons. The third kappa shape index (κ3) is 10.4. The fraction of sp³-hybridized carbons (Fsp3) is 0.667. The Bertz CT molecular complexity index is 644. The predicted molar refractivity (Wildman–Crippen MR) is 185 cm³/mol. The standard InChI is InChI=1S/C30H60O5Si5/c1-11-21-36(22-12-2)31-37(23-13-3,24-14-4)33-39(27-17-7,28-18-8)35-40(29-19-9,30-20-10)34-38(32-36,25-15-5)26-16-6/h11,13,15,17,19H,1,3,5,7,9,12,14,16,18,20-30H2,2,4,6,8,10H3. The molecule has 0 radical (unpaired) electrons. The van der Waals surface area contributed by atoms with E-state index in [-0.39, 0.29) is 0 Å². The van der Waals surface area contributed by atoms with E-state index < -0.39 is 42.8 Å². The summed E-state index contributed by atoms with van der Waals surface area (Å²) in [7, 11) is -14.3. The molecule has 1 fully saturated rings. The lowest BCUT2D eigenvalue weighted by molar-refractivity contribution is 0.213. The lowest BCUT2D eigenvalue weighted by Gasteiger charge is -2.53. The van der Waals surface area contributed by atoms with E-state index in [2.05, 4.69) is 67.5 Å². The number of allylic oxidation sites excluding steroid dienone is 5. The number of hydrogen-bond acceptors (Lipinski definition) is 5. The summed E-state index contributed by atoms with van der Waals surface area (Å²) in [6, 6.07) is 7.98. The second-order valence-electron chi connectivity index (χ2n) is 11.3. The van der Waals surface area contributed by atoms with Gasteiger partial charge in [-0.25, -0.2) is 0 Å². The molecule has 0 aromatic rings. The molecule has 0 bridgehead atoms. The Morgan fingerprint density at radius 2 is 0.500 bits per heavy atom. The van der Waals surface area contributed by atoms with Crippen molar-refractivity contribution in [1.29, 1.82) is 0 Å². The third-order valence-electron chi connectivity index (χ3n) is 7.29. The molecule has 0 N–H and O–H groups in total. The topological polar surface area (TPSA) is 46.2 Å². The Labute approximate surface area is 253 Å². The first-order valence-electron chi connectivity index (χ1n) is 15.7. The zero-order valence-electron chi connectivity index (χ0n) is 26.6. The summed E-state index contributed by atoms with van der Waals surface area (Å²) in [5.41, 5.74) is 0. The molecule has 10 heteroatoms. The van der Waals surface area contributed by atoms with Gasteiger partial charge >= 0.3 is 42.8 Å². The maximum Gasteiger partial charge on any atom is 0.324 e. The van der Waals surface area contributed by atoms with E-state index in [1.807, 2.05) is 30.4 Å². The highest BCUT2D eigenvalue weighted by molar-refractivity contribution is 6.95. The SMILES string of the molecule is C=CC[Si]1(CCC)O[Si](CC=C)(CCC)O[Si](CC=C)(CCC)O[Si](CC=C)(CCC)O[Si](CC=C)(CCC)O1. The van der Waals surface area contributed by atoms with Crippen LogP contribution >= 0.6 is 0 Å². The highest BCUT2D eigenvalue weighted by Crippen LogP contribution is 2.44. The van der Waals surface area contributed by atoms with Gasteiger partial charge in [-0.15, -0.1) is 32.9 Å². The summed E-state index contributed by atoms with van der Waals surface area (Å²) in [6.45, 7) is 32.0. The second-order valence-corrected chi connectivity index (χ2v) is 29.0. The molecular formula is C30H60O5Si5. The molecule has 0 saturated carbocycles. The first-order chi connectivity index (χ1) is 19.1. The molecule has 1 aliphatic rings. The van der Waals surface area contributed by atoms with Gasteiger partial charge in [0, 0.05) is 30.2 Å². The van der Waals surface area contributed by atoms with E-state index in [1.165, 1.54) is 0 Å². The lowest BCUT2D eigenvalue weighted by Crippen LogP contribution is -2.69. The summed E-state index contributed by atoms with van der Waals surface area (Å²) >= 11 is 0. The zero-order chi connectivity index (χ0) is 30.2. The molecule has 0 aliphatic carbocycles. The van der Waals surface area contributed by atoms with Crippen LogP contribution in [0.25, 0.3) is 0 Å². The van der Waals surface area contributed by atoms with Gasteiger partial charge in [-0.2, -0.15) is 0 Å². The van der Waals surface area contributed by atoms with Crippen molar-refractivity contribution in [3.8, 4) is 0 Å². The van der Waals surface area contributed by atoms with Gasteiger partial charge in [-0.05, 0) is 30.2 Å². The first kappa shape index (κ1) is 37.6. The number of rotatable bonds is 20. The minimum absolute atomic E-state index is 0.715. The fourth-order valence-corrected chi connectivity index (χ4v) is 37.0. The fourth-order valence-electron chi connectivity index (χ4n) is 6.24. The average Bonchev–Trinajstić information content (AvgIpc) is 2.85. The maximum absolute atomic E-state index is 7.57. The van der Waals surface area contributed by atoms with Crippen molar-refractivity contribution in [2.45, 2.75) is 127 Å². The molecular weight excluding hydrogens is 581 g/mol. The second kappa shape index (κ2) is 18.3. The monoisotopic (exact) mass is 640 g/mol. The smallest absolute Gasteiger partial charge is 0.324 e. The molecule has 40 heavy (non-hydrogen) atoms. The lowest BCUT2D eigenvalue weighted by atomic mass is 10.6. The van der Waals surface area contributed by atoms with Crippen LogP contribution in [0.2, 0.25) is 60.4 Å². The molecule has 0 aromatic heterocycles. The van der Waals surface area contributed by atoms with Crippen LogP contribution in [-0.4, -0.2) is 42.8 Å². The summed E-state index contributed by atoms with van der Waals surface area (Å²) in [5.74, 6) is 0. The van der Waals surface area contributed by atoms with Crippen molar-refractivity contribution >= 4 is 42.8 Å². The third-order valence-corrected chi connectivity index (χ3v) is 33.0. The van der Waals surface area contributed by atoms with E-state index in [1.54, 1.807) is 0 Å². The molecule has 1 heterocycles. The minimum atomic E-state index is -2.86. The summed E-state index contributed by atoms with van der Waals surface area (Å²) in [6.07, 6.45) is 14.9. The molecule has 1 rings (SSSR count). The maximum atomic E-state index is 7.57. The van der Waals surface area contributed by atoms with Crippen molar-refractivity contribution in [3.63, 3.8) is 0 Å². The molecule has 1 aliphatic heterocycles. The van der Waals surface area contributed by atoms with Gasteiger partial charge in [0.25, 0.3) is 0 Å². The van der Waals surface area contributed by atoms with Crippen LogP contribution in [-0.2, 0) is 20.6 Å². The first-order valence-corrected chi connectivity index (χ1v) is 26.8. The molecule has 0 spiro atoms. The van der Waals surface area contributed by atoms with Gasteiger partial charge in [0.15, 0.2) is 0 Å². The Balaban J connectivity index is 4.25. The normalized spacial score (nSPS) is 33.1. The van der Waals surface area contributed by atoms with Gasteiger partial charge < -0.3 is 20.6 Å². The van der Waals surface area contributed by atoms with Gasteiger partial charge in [-0.3, -0.25) is 0 Å². The Kier molecular flexibility index (Phi) is 17.2. The van der Waals surface area contributed by atoms with Crippen molar-refractivity contribution in [2.75, 3.05) is 0 Å². The van der Waals surface area contributed by atoms with E-state index in [9.17, 15) is 0 Å².